The van der Waals surface area contributed by atoms with E-state index < -0.39 is 5.91 Å². The van der Waals surface area contributed by atoms with Crippen LogP contribution in [0.4, 0.5) is 10.3 Å². The summed E-state index contributed by atoms with van der Waals surface area (Å²) in [6.45, 7) is -0.0209. The molecule has 0 spiro atoms. The summed E-state index contributed by atoms with van der Waals surface area (Å²) < 4.78 is 25.9. The Balaban J connectivity index is 1.44. The number of hydrogen-bond acceptors (Lipinski definition) is 5. The highest BCUT2D eigenvalue weighted by Gasteiger charge is 2.22. The van der Waals surface area contributed by atoms with Crippen molar-refractivity contribution in [3.05, 3.63) is 126 Å². The molecule has 0 aliphatic rings. The van der Waals surface area contributed by atoms with Crippen LogP contribution in [0.25, 0.3) is 16.9 Å². The highest BCUT2D eigenvalue weighted by atomic mass is 19.1. The molecule has 1 N–H and O–H groups in total. The number of carbonyl (C=O) groups excluding carboxylic acids is 2. The standard InChI is InChI=1S/C33H29FN4O4/c1-41-28-17-11-24(12-18-28)30-21-38(27-15-13-26(34)14-16-27)33(35-30)36-31(39)22-37(20-23-7-4-3-5-8-23)32(40)25-9-6-10-29(19-25)42-2/h3-19,21H,20,22H2,1-2H3,(H,35,36,39). The van der Waals surface area contributed by atoms with E-state index in [0.29, 0.717) is 28.4 Å². The van der Waals surface area contributed by atoms with Crippen LogP contribution >= 0.6 is 0 Å². The summed E-state index contributed by atoms with van der Waals surface area (Å²) in [4.78, 5) is 33.2. The number of rotatable bonds is 10. The minimum absolute atomic E-state index is 0.216. The highest BCUT2D eigenvalue weighted by Crippen LogP contribution is 2.26. The van der Waals surface area contributed by atoms with Crippen LogP contribution in [0.2, 0.25) is 0 Å². The zero-order valence-corrected chi connectivity index (χ0v) is 23.2. The van der Waals surface area contributed by atoms with Gasteiger partial charge in [-0.15, -0.1) is 0 Å². The number of nitrogens with zero attached hydrogens (tertiary/aromatic N) is 3. The van der Waals surface area contributed by atoms with Gasteiger partial charge in [-0.1, -0.05) is 36.4 Å². The molecule has 0 atom stereocenters. The smallest absolute Gasteiger partial charge is 0.254 e. The van der Waals surface area contributed by atoms with Crippen molar-refractivity contribution in [2.75, 3.05) is 26.1 Å². The molecule has 0 saturated heterocycles. The predicted molar refractivity (Wildman–Crippen MR) is 158 cm³/mol. The lowest BCUT2D eigenvalue weighted by atomic mass is 10.1. The number of hydrogen-bond donors (Lipinski definition) is 1. The lowest BCUT2D eigenvalue weighted by Gasteiger charge is -2.23. The molecule has 0 saturated carbocycles. The molecule has 42 heavy (non-hydrogen) atoms. The normalized spacial score (nSPS) is 10.6. The number of aromatic nitrogens is 2. The van der Waals surface area contributed by atoms with Crippen molar-refractivity contribution < 1.29 is 23.5 Å². The molecule has 2 amide bonds. The fourth-order valence-electron chi connectivity index (χ4n) is 4.45. The Kier molecular flexibility index (Phi) is 8.58. The van der Waals surface area contributed by atoms with Crippen LogP contribution < -0.4 is 14.8 Å². The second kappa shape index (κ2) is 12.8. The lowest BCUT2D eigenvalue weighted by Crippen LogP contribution is -2.38. The van der Waals surface area contributed by atoms with E-state index in [0.717, 1.165) is 11.1 Å². The second-order valence-electron chi connectivity index (χ2n) is 9.45. The summed E-state index contributed by atoms with van der Waals surface area (Å²) in [6, 6.07) is 29.4. The summed E-state index contributed by atoms with van der Waals surface area (Å²) in [5, 5.41) is 2.86. The first-order chi connectivity index (χ1) is 20.4. The van der Waals surface area contributed by atoms with Gasteiger partial charge in [0.1, 0.15) is 23.9 Å². The fourth-order valence-corrected chi connectivity index (χ4v) is 4.45. The Morgan fingerprint density at radius 2 is 1.57 bits per heavy atom. The Labute approximate surface area is 243 Å². The minimum Gasteiger partial charge on any atom is -0.497 e. The molecule has 9 heteroatoms. The Morgan fingerprint density at radius 3 is 2.26 bits per heavy atom. The third-order valence-corrected chi connectivity index (χ3v) is 6.60. The molecule has 1 aromatic heterocycles. The van der Waals surface area contributed by atoms with Crippen molar-refractivity contribution in [2.24, 2.45) is 0 Å². The van der Waals surface area contributed by atoms with Gasteiger partial charge in [0.15, 0.2) is 0 Å². The number of halogens is 1. The van der Waals surface area contributed by atoms with E-state index in [1.54, 1.807) is 54.3 Å². The molecule has 0 unspecified atom stereocenters. The van der Waals surface area contributed by atoms with Crippen molar-refractivity contribution >= 4 is 17.8 Å². The van der Waals surface area contributed by atoms with E-state index in [-0.39, 0.29) is 30.8 Å². The topological polar surface area (TPSA) is 85.7 Å². The summed E-state index contributed by atoms with van der Waals surface area (Å²) in [6.07, 6.45) is 1.76. The molecule has 212 valence electrons. The maximum Gasteiger partial charge on any atom is 0.254 e. The number of carbonyl (C=O) groups is 2. The molecule has 8 nitrogen and oxygen atoms in total. The summed E-state index contributed by atoms with van der Waals surface area (Å²) in [7, 11) is 3.12. The first-order valence-electron chi connectivity index (χ1n) is 13.2. The number of imidazole rings is 1. The molecule has 0 bridgehead atoms. The molecule has 4 aromatic carbocycles. The average Bonchev–Trinajstić information content (AvgIpc) is 3.44. The van der Waals surface area contributed by atoms with Crippen LogP contribution in [0.5, 0.6) is 11.5 Å². The zero-order chi connectivity index (χ0) is 29.5. The first-order valence-corrected chi connectivity index (χ1v) is 13.2. The number of methoxy groups -OCH3 is 2. The van der Waals surface area contributed by atoms with Gasteiger partial charge in [0, 0.05) is 29.6 Å². The number of ether oxygens (including phenoxy) is 2. The zero-order valence-electron chi connectivity index (χ0n) is 23.2. The predicted octanol–water partition coefficient (Wildman–Crippen LogP) is 5.98. The Bertz CT molecular complexity index is 1670. The van der Waals surface area contributed by atoms with Gasteiger partial charge in [-0.2, -0.15) is 0 Å². The van der Waals surface area contributed by atoms with Gasteiger partial charge in [-0.05, 0) is 72.3 Å². The summed E-state index contributed by atoms with van der Waals surface area (Å²) >= 11 is 0. The maximum atomic E-state index is 13.7. The van der Waals surface area contributed by atoms with Gasteiger partial charge in [0.25, 0.3) is 5.91 Å². The van der Waals surface area contributed by atoms with Crippen molar-refractivity contribution in [3.63, 3.8) is 0 Å². The maximum absolute atomic E-state index is 13.7. The summed E-state index contributed by atoms with van der Waals surface area (Å²) in [5.74, 6) is 0.311. The van der Waals surface area contributed by atoms with Gasteiger partial charge >= 0.3 is 0 Å². The van der Waals surface area contributed by atoms with Crippen LogP contribution in [0.1, 0.15) is 15.9 Å². The van der Waals surface area contributed by atoms with Crippen LogP contribution in [0, 0.1) is 5.82 Å². The van der Waals surface area contributed by atoms with Gasteiger partial charge in [-0.25, -0.2) is 9.37 Å². The number of nitrogens with one attached hydrogen (secondary N) is 1. The molecule has 0 aliphatic carbocycles. The van der Waals surface area contributed by atoms with Crippen LogP contribution in [0.3, 0.4) is 0 Å². The second-order valence-corrected chi connectivity index (χ2v) is 9.45. The van der Waals surface area contributed by atoms with Gasteiger partial charge < -0.3 is 14.4 Å². The average molecular weight is 565 g/mol. The van der Waals surface area contributed by atoms with E-state index >= 15 is 0 Å². The first kappa shape index (κ1) is 28.1. The Morgan fingerprint density at radius 1 is 0.857 bits per heavy atom. The largest absolute Gasteiger partial charge is 0.497 e. The third-order valence-electron chi connectivity index (χ3n) is 6.60. The number of anilines is 1. The van der Waals surface area contributed by atoms with Crippen LogP contribution in [-0.4, -0.2) is 47.0 Å². The third kappa shape index (κ3) is 6.64. The molecule has 0 radical (unpaired) electrons. The molecule has 5 rings (SSSR count). The van der Waals surface area contributed by atoms with Crippen LogP contribution in [0.15, 0.2) is 109 Å². The van der Waals surface area contributed by atoms with Gasteiger partial charge in [0.05, 0.1) is 19.9 Å². The van der Waals surface area contributed by atoms with E-state index in [1.807, 2.05) is 54.6 Å². The number of benzene rings is 4. The fraction of sp³-hybridized carbons (Fsp3) is 0.121. The van der Waals surface area contributed by atoms with Crippen molar-refractivity contribution in [2.45, 2.75) is 6.54 Å². The van der Waals surface area contributed by atoms with Crippen molar-refractivity contribution in [3.8, 4) is 28.4 Å². The highest BCUT2D eigenvalue weighted by molar-refractivity contribution is 5.99. The van der Waals surface area contributed by atoms with E-state index in [9.17, 15) is 14.0 Å². The van der Waals surface area contributed by atoms with Gasteiger partial charge in [-0.3, -0.25) is 19.5 Å². The molecular weight excluding hydrogens is 535 g/mol. The molecule has 0 aliphatic heterocycles. The van der Waals surface area contributed by atoms with E-state index in [1.165, 1.54) is 24.1 Å². The minimum atomic E-state index is -0.447. The molecule has 0 fully saturated rings. The monoisotopic (exact) mass is 564 g/mol. The summed E-state index contributed by atoms with van der Waals surface area (Å²) in [5.41, 5.74) is 3.26. The molecular formula is C33H29FN4O4. The van der Waals surface area contributed by atoms with E-state index in [4.69, 9.17) is 9.47 Å². The molecule has 1 heterocycles. The van der Waals surface area contributed by atoms with Gasteiger partial charge in [0.2, 0.25) is 11.9 Å². The van der Waals surface area contributed by atoms with E-state index in [2.05, 4.69) is 10.3 Å². The van der Waals surface area contributed by atoms with Crippen molar-refractivity contribution in [1.29, 1.82) is 0 Å². The Hall–Kier alpha value is -5.44. The SMILES string of the molecule is COc1ccc(-c2cn(-c3ccc(F)cc3)c(NC(=O)CN(Cc3ccccc3)C(=O)c3cccc(OC)c3)n2)cc1. The quantitative estimate of drug-likeness (QED) is 0.226. The molecule has 5 aromatic rings. The lowest BCUT2D eigenvalue weighted by molar-refractivity contribution is -0.117. The van der Waals surface area contributed by atoms with Crippen molar-refractivity contribution in [1.82, 2.24) is 14.5 Å². The van der Waals surface area contributed by atoms with Crippen LogP contribution in [-0.2, 0) is 11.3 Å². The number of amides is 2.